The molecule has 0 atom stereocenters. The van der Waals surface area contributed by atoms with E-state index in [1.54, 1.807) is 10.7 Å². The fourth-order valence-electron chi connectivity index (χ4n) is 0.959. The number of hydrogen-bond acceptors (Lipinski definition) is 5. The van der Waals surface area contributed by atoms with Crippen molar-refractivity contribution in [2.75, 3.05) is 5.73 Å². The number of rotatable bonds is 2. The minimum atomic E-state index is 0.511. The van der Waals surface area contributed by atoms with Crippen molar-refractivity contribution in [3.63, 3.8) is 0 Å². The average Bonchev–Trinajstić information content (AvgIpc) is 2.52. The van der Waals surface area contributed by atoms with Crippen molar-refractivity contribution in [1.82, 2.24) is 19.7 Å². The van der Waals surface area contributed by atoms with E-state index in [0.29, 0.717) is 5.82 Å². The Hall–Kier alpha value is -1.56. The second kappa shape index (κ2) is 3.67. The highest BCUT2D eigenvalue weighted by Crippen LogP contribution is 2.23. The lowest BCUT2D eigenvalue weighted by molar-refractivity contribution is 0.684. The zero-order chi connectivity index (χ0) is 9.97. The Morgan fingerprint density at radius 3 is 2.93 bits per heavy atom. The quantitative estimate of drug-likeness (QED) is 0.793. The summed E-state index contributed by atoms with van der Waals surface area (Å²) in [6.07, 6.45) is 1.51. The molecule has 0 aromatic carbocycles. The summed E-state index contributed by atoms with van der Waals surface area (Å²) >= 11 is 1.43. The van der Waals surface area contributed by atoms with Crippen molar-refractivity contribution in [1.29, 1.82) is 0 Å². The third-order valence-corrected chi connectivity index (χ3v) is 2.60. The summed E-state index contributed by atoms with van der Waals surface area (Å²) in [6, 6.07) is 5.50. The number of aromatic nitrogens is 4. The second-order valence-electron chi connectivity index (χ2n) is 2.67. The van der Waals surface area contributed by atoms with Gasteiger partial charge < -0.3 is 5.73 Å². The van der Waals surface area contributed by atoms with Crippen LogP contribution in [-0.2, 0) is 7.05 Å². The minimum Gasteiger partial charge on any atom is -0.384 e. The van der Waals surface area contributed by atoms with Crippen LogP contribution in [0.25, 0.3) is 0 Å². The van der Waals surface area contributed by atoms with Crippen LogP contribution in [0.15, 0.2) is 34.7 Å². The monoisotopic (exact) mass is 207 g/mol. The van der Waals surface area contributed by atoms with E-state index in [9.17, 15) is 0 Å². The van der Waals surface area contributed by atoms with Gasteiger partial charge in [0.15, 0.2) is 5.16 Å². The molecule has 0 bridgehead atoms. The summed E-state index contributed by atoms with van der Waals surface area (Å²) in [5.41, 5.74) is 5.56. The number of pyridine rings is 1. The largest absolute Gasteiger partial charge is 0.384 e. The summed E-state index contributed by atoms with van der Waals surface area (Å²) in [4.78, 5) is 8.22. The summed E-state index contributed by atoms with van der Waals surface area (Å²) in [5.74, 6) is 0.511. The molecule has 6 heteroatoms. The standard InChI is InChI=1S/C8H9N5S/c1-13-8(10-5-11-13)14-7-4-2-3-6(9)12-7/h2-5H,1H3,(H2,9,12). The predicted molar refractivity (Wildman–Crippen MR) is 53.8 cm³/mol. The summed E-state index contributed by atoms with van der Waals surface area (Å²) in [5, 5.41) is 5.58. The first-order chi connectivity index (χ1) is 6.75. The lowest BCUT2D eigenvalue weighted by Crippen LogP contribution is -1.94. The fourth-order valence-corrected chi connectivity index (χ4v) is 1.72. The Labute approximate surface area is 85.4 Å². The van der Waals surface area contributed by atoms with Gasteiger partial charge in [-0.05, 0) is 23.9 Å². The molecule has 14 heavy (non-hydrogen) atoms. The van der Waals surface area contributed by atoms with Crippen molar-refractivity contribution in [2.24, 2.45) is 7.05 Å². The number of anilines is 1. The molecule has 0 saturated heterocycles. The molecule has 0 saturated carbocycles. The van der Waals surface area contributed by atoms with Crippen molar-refractivity contribution in [2.45, 2.75) is 10.2 Å². The highest BCUT2D eigenvalue weighted by molar-refractivity contribution is 7.99. The Morgan fingerprint density at radius 2 is 2.29 bits per heavy atom. The predicted octanol–water partition coefficient (Wildman–Crippen LogP) is 0.943. The molecule has 0 radical (unpaired) electrons. The molecule has 5 nitrogen and oxygen atoms in total. The van der Waals surface area contributed by atoms with Crippen LogP contribution < -0.4 is 5.73 Å². The Bertz CT molecular complexity index is 439. The molecule has 2 rings (SSSR count). The molecule has 0 aliphatic heterocycles. The lowest BCUT2D eigenvalue weighted by atomic mass is 10.5. The van der Waals surface area contributed by atoms with Gasteiger partial charge in [0, 0.05) is 7.05 Å². The molecule has 0 aliphatic rings. The molecule has 0 fully saturated rings. The zero-order valence-corrected chi connectivity index (χ0v) is 8.40. The normalized spacial score (nSPS) is 10.4. The highest BCUT2D eigenvalue weighted by Gasteiger charge is 2.03. The molecule has 0 aliphatic carbocycles. The van der Waals surface area contributed by atoms with Crippen LogP contribution in [0, 0.1) is 0 Å². The molecular formula is C8H9N5S. The van der Waals surface area contributed by atoms with E-state index >= 15 is 0 Å². The van der Waals surface area contributed by atoms with Crippen LogP contribution in [-0.4, -0.2) is 19.7 Å². The van der Waals surface area contributed by atoms with Gasteiger partial charge >= 0.3 is 0 Å². The Kier molecular flexibility index (Phi) is 2.36. The number of nitrogen functional groups attached to an aromatic ring is 1. The van der Waals surface area contributed by atoms with Crippen molar-refractivity contribution in [3.8, 4) is 0 Å². The minimum absolute atomic E-state index is 0.511. The third-order valence-electron chi connectivity index (χ3n) is 1.61. The zero-order valence-electron chi connectivity index (χ0n) is 7.58. The van der Waals surface area contributed by atoms with Gasteiger partial charge in [-0.25, -0.2) is 14.6 Å². The maximum absolute atomic E-state index is 5.56. The first-order valence-corrected chi connectivity index (χ1v) is 4.82. The number of hydrogen-bond donors (Lipinski definition) is 1. The van der Waals surface area contributed by atoms with Crippen molar-refractivity contribution in [3.05, 3.63) is 24.5 Å². The van der Waals surface area contributed by atoms with Crippen LogP contribution in [0.2, 0.25) is 0 Å². The van der Waals surface area contributed by atoms with Crippen LogP contribution in [0.5, 0.6) is 0 Å². The molecular weight excluding hydrogens is 198 g/mol. The van der Waals surface area contributed by atoms with Gasteiger partial charge in [-0.1, -0.05) is 6.07 Å². The van der Waals surface area contributed by atoms with Crippen LogP contribution in [0.3, 0.4) is 0 Å². The molecule has 72 valence electrons. The summed E-state index contributed by atoms with van der Waals surface area (Å²) < 4.78 is 1.69. The van der Waals surface area contributed by atoms with E-state index in [4.69, 9.17) is 5.73 Å². The number of nitrogens with zero attached hydrogens (tertiary/aromatic N) is 4. The maximum atomic E-state index is 5.56. The molecule has 0 spiro atoms. The molecule has 0 amide bonds. The van der Waals surface area contributed by atoms with E-state index in [2.05, 4.69) is 15.1 Å². The summed E-state index contributed by atoms with van der Waals surface area (Å²) in [7, 11) is 1.83. The number of nitrogens with two attached hydrogens (primary N) is 1. The van der Waals surface area contributed by atoms with E-state index in [1.807, 2.05) is 19.2 Å². The topological polar surface area (TPSA) is 69.6 Å². The molecule has 2 aromatic rings. The summed E-state index contributed by atoms with van der Waals surface area (Å²) in [6.45, 7) is 0. The fraction of sp³-hybridized carbons (Fsp3) is 0.125. The third kappa shape index (κ3) is 1.85. The highest BCUT2D eigenvalue weighted by atomic mass is 32.2. The molecule has 2 aromatic heterocycles. The van der Waals surface area contributed by atoms with Gasteiger partial charge in [0.1, 0.15) is 17.2 Å². The molecule has 0 unspecified atom stereocenters. The Balaban J connectivity index is 2.23. The first-order valence-electron chi connectivity index (χ1n) is 4.00. The van der Waals surface area contributed by atoms with E-state index in [-0.39, 0.29) is 0 Å². The number of aryl methyl sites for hydroxylation is 1. The van der Waals surface area contributed by atoms with Crippen molar-refractivity contribution < 1.29 is 0 Å². The van der Waals surface area contributed by atoms with Gasteiger partial charge in [-0.2, -0.15) is 5.10 Å². The van der Waals surface area contributed by atoms with E-state index < -0.39 is 0 Å². The Morgan fingerprint density at radius 1 is 1.43 bits per heavy atom. The molecule has 2 N–H and O–H groups in total. The van der Waals surface area contributed by atoms with Gasteiger partial charge in [-0.3, -0.25) is 0 Å². The lowest BCUT2D eigenvalue weighted by Gasteiger charge is -1.99. The smallest absolute Gasteiger partial charge is 0.192 e. The van der Waals surface area contributed by atoms with Crippen LogP contribution >= 0.6 is 11.8 Å². The maximum Gasteiger partial charge on any atom is 0.192 e. The first kappa shape index (κ1) is 9.01. The van der Waals surface area contributed by atoms with Gasteiger partial charge in [0.05, 0.1) is 0 Å². The molecule has 2 heterocycles. The van der Waals surface area contributed by atoms with E-state index in [0.717, 1.165) is 10.2 Å². The SMILES string of the molecule is Cn1ncnc1Sc1cccc(N)n1. The van der Waals surface area contributed by atoms with Gasteiger partial charge in [0.2, 0.25) is 0 Å². The van der Waals surface area contributed by atoms with Crippen LogP contribution in [0.4, 0.5) is 5.82 Å². The average molecular weight is 207 g/mol. The van der Waals surface area contributed by atoms with Crippen LogP contribution in [0.1, 0.15) is 0 Å². The van der Waals surface area contributed by atoms with Gasteiger partial charge in [-0.15, -0.1) is 0 Å². The second-order valence-corrected chi connectivity index (χ2v) is 3.66. The van der Waals surface area contributed by atoms with Gasteiger partial charge in [0.25, 0.3) is 0 Å². The van der Waals surface area contributed by atoms with E-state index in [1.165, 1.54) is 18.1 Å². The van der Waals surface area contributed by atoms with Crippen molar-refractivity contribution >= 4 is 17.6 Å².